The van der Waals surface area contributed by atoms with Crippen LogP contribution in [0.25, 0.3) is 0 Å². The summed E-state index contributed by atoms with van der Waals surface area (Å²) in [6, 6.07) is 5.33. The first-order chi connectivity index (χ1) is 14.7. The molecule has 0 radical (unpaired) electrons. The maximum absolute atomic E-state index is 12.2. The van der Waals surface area contributed by atoms with Crippen molar-refractivity contribution in [1.82, 2.24) is 0 Å². The van der Waals surface area contributed by atoms with Crippen molar-refractivity contribution in [2.45, 2.75) is 39.0 Å². The van der Waals surface area contributed by atoms with Crippen molar-refractivity contribution in [3.8, 4) is 0 Å². The molecule has 1 aromatic carbocycles. The highest BCUT2D eigenvalue weighted by Crippen LogP contribution is 2.48. The minimum Gasteiger partial charge on any atom is -0.492 e. The van der Waals surface area contributed by atoms with Gasteiger partial charge in [0.25, 0.3) is 5.78 Å². The number of benzene rings is 1. The van der Waals surface area contributed by atoms with Crippen molar-refractivity contribution in [1.29, 1.82) is 0 Å². The predicted molar refractivity (Wildman–Crippen MR) is 120 cm³/mol. The maximum Gasteiger partial charge on any atom is 0.335 e. The summed E-state index contributed by atoms with van der Waals surface area (Å²) in [5.41, 5.74) is 3.80. The summed E-state index contributed by atoms with van der Waals surface area (Å²) >= 11 is 0. The SMILES string of the molecule is CCCCN1C(=CC=C2C=C(OC)C(=O)C(OC)=C2)C(C)(C)c2cc(C(=O)O)ccc21. The highest BCUT2D eigenvalue weighted by Gasteiger charge is 2.40. The molecule has 0 saturated heterocycles. The fraction of sp³-hybridized carbons (Fsp3) is 0.360. The lowest BCUT2D eigenvalue weighted by Crippen LogP contribution is -2.27. The van der Waals surface area contributed by atoms with E-state index in [2.05, 4.69) is 25.7 Å². The number of unbranched alkanes of at least 4 members (excludes halogenated alkanes) is 1. The molecule has 164 valence electrons. The van der Waals surface area contributed by atoms with E-state index in [1.165, 1.54) is 14.2 Å². The summed E-state index contributed by atoms with van der Waals surface area (Å²) in [6.07, 6.45) is 9.42. The molecule has 1 aromatic rings. The number of carbonyl (C=O) groups excluding carboxylic acids is 1. The van der Waals surface area contributed by atoms with Crippen LogP contribution < -0.4 is 4.90 Å². The first-order valence-corrected chi connectivity index (χ1v) is 10.4. The summed E-state index contributed by atoms with van der Waals surface area (Å²) in [5, 5.41) is 9.45. The number of allylic oxidation sites excluding steroid dienone is 6. The summed E-state index contributed by atoms with van der Waals surface area (Å²) < 4.78 is 10.4. The summed E-state index contributed by atoms with van der Waals surface area (Å²) in [5.74, 6) is -0.757. The normalized spacial score (nSPS) is 18.5. The largest absolute Gasteiger partial charge is 0.492 e. The van der Waals surface area contributed by atoms with Gasteiger partial charge < -0.3 is 19.5 Å². The molecule has 0 spiro atoms. The van der Waals surface area contributed by atoms with Crippen LogP contribution in [0.5, 0.6) is 0 Å². The Morgan fingerprint density at radius 2 is 1.77 bits per heavy atom. The Balaban J connectivity index is 2.09. The molecule has 1 aliphatic heterocycles. The van der Waals surface area contributed by atoms with Crippen molar-refractivity contribution < 1.29 is 24.2 Å². The van der Waals surface area contributed by atoms with Gasteiger partial charge in [-0.25, -0.2) is 4.79 Å². The van der Waals surface area contributed by atoms with Crippen molar-refractivity contribution in [3.63, 3.8) is 0 Å². The number of hydrogen-bond donors (Lipinski definition) is 1. The number of hydrogen-bond acceptors (Lipinski definition) is 5. The standard InChI is InChI=1S/C25H29NO5/c1-6-7-12-26-19-10-9-17(24(28)29)15-18(19)25(2,3)22(26)11-8-16-13-20(30-4)23(27)21(14-16)31-5/h8-11,13-15H,6-7,12H2,1-5H3,(H,28,29). The van der Waals surface area contributed by atoms with Crippen LogP contribution >= 0.6 is 0 Å². The number of carboxylic acids is 1. The number of rotatable bonds is 7. The Morgan fingerprint density at radius 1 is 1.13 bits per heavy atom. The van der Waals surface area contributed by atoms with Crippen LogP contribution in [0.3, 0.4) is 0 Å². The van der Waals surface area contributed by atoms with Crippen molar-refractivity contribution >= 4 is 17.4 Å². The molecule has 6 heteroatoms. The van der Waals surface area contributed by atoms with Crippen molar-refractivity contribution in [2.75, 3.05) is 25.7 Å². The van der Waals surface area contributed by atoms with E-state index in [9.17, 15) is 14.7 Å². The fourth-order valence-electron chi connectivity index (χ4n) is 4.04. The number of carboxylic acid groups (broad SMARTS) is 1. The average molecular weight is 424 g/mol. The third-order valence-electron chi connectivity index (χ3n) is 5.79. The predicted octanol–water partition coefficient (Wildman–Crippen LogP) is 4.74. The Morgan fingerprint density at radius 3 is 2.32 bits per heavy atom. The lowest BCUT2D eigenvalue weighted by molar-refractivity contribution is -0.117. The molecule has 0 atom stereocenters. The zero-order valence-corrected chi connectivity index (χ0v) is 18.7. The molecule has 0 aromatic heterocycles. The Kier molecular flexibility index (Phi) is 6.39. The van der Waals surface area contributed by atoms with Gasteiger partial charge in [-0.2, -0.15) is 0 Å². The van der Waals surface area contributed by atoms with E-state index in [-0.39, 0.29) is 28.3 Å². The monoisotopic (exact) mass is 423 g/mol. The van der Waals surface area contributed by atoms with Crippen molar-refractivity contribution in [3.05, 3.63) is 76.4 Å². The molecule has 1 aliphatic carbocycles. The van der Waals surface area contributed by atoms with Crippen LogP contribution in [0.2, 0.25) is 0 Å². The van der Waals surface area contributed by atoms with E-state index in [0.717, 1.165) is 41.9 Å². The Labute approximate surface area is 183 Å². The lowest BCUT2D eigenvalue weighted by atomic mass is 9.83. The van der Waals surface area contributed by atoms with Gasteiger partial charge in [0.15, 0.2) is 11.5 Å². The van der Waals surface area contributed by atoms with E-state index < -0.39 is 5.97 Å². The smallest absolute Gasteiger partial charge is 0.335 e. The molecule has 1 N–H and O–H groups in total. The second kappa shape index (κ2) is 8.84. The molecule has 1 heterocycles. The van der Waals surface area contributed by atoms with Crippen LogP contribution in [-0.4, -0.2) is 37.6 Å². The fourth-order valence-corrected chi connectivity index (χ4v) is 4.04. The Hall–Kier alpha value is -3.28. The third kappa shape index (κ3) is 4.15. The van der Waals surface area contributed by atoms with E-state index in [1.54, 1.807) is 24.3 Å². The van der Waals surface area contributed by atoms with Gasteiger partial charge in [0, 0.05) is 23.3 Å². The molecule has 0 bridgehead atoms. The molecule has 6 nitrogen and oxygen atoms in total. The third-order valence-corrected chi connectivity index (χ3v) is 5.79. The summed E-state index contributed by atoms with van der Waals surface area (Å²) in [7, 11) is 2.92. The van der Waals surface area contributed by atoms with E-state index in [0.29, 0.717) is 0 Å². The number of ether oxygens (including phenoxy) is 2. The highest BCUT2D eigenvalue weighted by molar-refractivity contribution is 6.07. The lowest BCUT2D eigenvalue weighted by Gasteiger charge is -2.27. The average Bonchev–Trinajstić information content (AvgIpc) is 2.96. The van der Waals surface area contributed by atoms with Gasteiger partial charge in [-0.05, 0) is 54.0 Å². The van der Waals surface area contributed by atoms with Gasteiger partial charge in [-0.15, -0.1) is 0 Å². The number of fused-ring (bicyclic) bond motifs is 1. The molecule has 0 fully saturated rings. The van der Waals surface area contributed by atoms with E-state index in [4.69, 9.17) is 9.47 Å². The zero-order chi connectivity index (χ0) is 22.8. The van der Waals surface area contributed by atoms with Crippen LogP contribution in [0.1, 0.15) is 49.5 Å². The number of anilines is 1. The summed E-state index contributed by atoms with van der Waals surface area (Å²) in [4.78, 5) is 26.0. The van der Waals surface area contributed by atoms with Gasteiger partial charge in [-0.3, -0.25) is 4.79 Å². The second-order valence-corrected chi connectivity index (χ2v) is 8.14. The first kappa shape index (κ1) is 22.4. The molecule has 31 heavy (non-hydrogen) atoms. The molecule has 2 aliphatic rings. The zero-order valence-electron chi connectivity index (χ0n) is 18.7. The molecule has 3 rings (SSSR count). The maximum atomic E-state index is 12.2. The van der Waals surface area contributed by atoms with Gasteiger partial charge >= 0.3 is 5.97 Å². The topological polar surface area (TPSA) is 76.1 Å². The number of Topliss-reactive ketones (excluding diaryl/α,β-unsaturated/α-hetero) is 1. The van der Waals surface area contributed by atoms with E-state index >= 15 is 0 Å². The summed E-state index contributed by atoms with van der Waals surface area (Å²) in [6.45, 7) is 7.19. The number of ketones is 1. The van der Waals surface area contributed by atoms with E-state index in [1.807, 2.05) is 18.2 Å². The second-order valence-electron chi connectivity index (χ2n) is 8.14. The number of methoxy groups -OCH3 is 2. The minimum atomic E-state index is -0.931. The van der Waals surface area contributed by atoms with Crippen LogP contribution in [0, 0.1) is 0 Å². The quantitative estimate of drug-likeness (QED) is 0.683. The number of aromatic carboxylic acids is 1. The number of carbonyl (C=O) groups is 2. The van der Waals surface area contributed by atoms with Gasteiger partial charge in [0.1, 0.15) is 0 Å². The van der Waals surface area contributed by atoms with Gasteiger partial charge in [0.05, 0.1) is 19.8 Å². The molecule has 0 amide bonds. The first-order valence-electron chi connectivity index (χ1n) is 10.4. The Bertz CT molecular complexity index is 1000. The molecular weight excluding hydrogens is 394 g/mol. The highest BCUT2D eigenvalue weighted by atomic mass is 16.5. The van der Waals surface area contributed by atoms with Crippen LogP contribution in [-0.2, 0) is 19.7 Å². The molecule has 0 saturated carbocycles. The van der Waals surface area contributed by atoms with Crippen molar-refractivity contribution in [2.24, 2.45) is 0 Å². The molecular formula is C25H29NO5. The molecule has 0 unspecified atom stereocenters. The van der Waals surface area contributed by atoms with Crippen LogP contribution in [0.4, 0.5) is 5.69 Å². The van der Waals surface area contributed by atoms with Crippen LogP contribution in [0.15, 0.2) is 65.3 Å². The van der Waals surface area contributed by atoms with Gasteiger partial charge in [-0.1, -0.05) is 33.3 Å². The number of nitrogens with zero attached hydrogens (tertiary/aromatic N) is 1. The van der Waals surface area contributed by atoms with Gasteiger partial charge in [0.2, 0.25) is 0 Å². The minimum absolute atomic E-state index is 0.229.